The van der Waals surface area contributed by atoms with E-state index in [1.54, 1.807) is 0 Å². The maximum atomic E-state index is 3.50. The topological polar surface area (TPSA) is 15.3 Å². The van der Waals surface area contributed by atoms with E-state index in [2.05, 4.69) is 24.3 Å². The Morgan fingerprint density at radius 3 is 2.92 bits per heavy atom. The first kappa shape index (κ1) is 10.0. The summed E-state index contributed by atoms with van der Waals surface area (Å²) in [6.07, 6.45) is 5.59. The molecule has 1 fully saturated rings. The van der Waals surface area contributed by atoms with Crippen LogP contribution in [-0.2, 0) is 0 Å². The summed E-state index contributed by atoms with van der Waals surface area (Å²) in [6, 6.07) is 0. The second-order valence-electron chi connectivity index (χ2n) is 4.16. The lowest BCUT2D eigenvalue weighted by Crippen LogP contribution is -2.24. The van der Waals surface area contributed by atoms with Gasteiger partial charge in [0.25, 0.3) is 0 Å². The summed E-state index contributed by atoms with van der Waals surface area (Å²) < 4.78 is 0. The van der Waals surface area contributed by atoms with Crippen molar-refractivity contribution in [2.45, 2.75) is 25.7 Å². The van der Waals surface area contributed by atoms with E-state index in [0.717, 1.165) is 5.92 Å². The van der Waals surface area contributed by atoms with Crippen molar-refractivity contribution in [3.63, 3.8) is 0 Å². The molecule has 0 aromatic carbocycles. The third-order valence-corrected chi connectivity index (χ3v) is 2.63. The lowest BCUT2D eigenvalue weighted by molar-refractivity contribution is 0.338. The molecule has 2 heteroatoms. The quantitative estimate of drug-likeness (QED) is 0.687. The van der Waals surface area contributed by atoms with Gasteiger partial charge in [0.1, 0.15) is 0 Å². The molecule has 1 N–H and O–H groups in total. The molecular weight excluding hydrogens is 148 g/mol. The van der Waals surface area contributed by atoms with Crippen LogP contribution in [-0.4, -0.2) is 38.6 Å². The number of hydrogen-bond acceptors (Lipinski definition) is 2. The molecule has 12 heavy (non-hydrogen) atoms. The Morgan fingerprint density at radius 2 is 2.17 bits per heavy atom. The van der Waals surface area contributed by atoms with Gasteiger partial charge in [0, 0.05) is 0 Å². The number of nitrogens with zero attached hydrogens (tertiary/aromatic N) is 1. The van der Waals surface area contributed by atoms with E-state index >= 15 is 0 Å². The zero-order valence-corrected chi connectivity index (χ0v) is 8.47. The van der Waals surface area contributed by atoms with Crippen LogP contribution in [0.4, 0.5) is 0 Å². The maximum Gasteiger partial charge on any atom is -0.00200 e. The van der Waals surface area contributed by atoms with E-state index in [4.69, 9.17) is 0 Å². The van der Waals surface area contributed by atoms with Gasteiger partial charge in [-0.1, -0.05) is 6.42 Å². The summed E-state index contributed by atoms with van der Waals surface area (Å²) in [5.74, 6) is 0.926. The Bertz CT molecular complexity index is 104. The Labute approximate surface area is 76.3 Å². The van der Waals surface area contributed by atoms with Crippen molar-refractivity contribution in [2.24, 2.45) is 5.92 Å². The van der Waals surface area contributed by atoms with E-state index in [1.165, 1.54) is 45.3 Å². The molecule has 0 aliphatic carbocycles. The fraction of sp³-hybridized carbons (Fsp3) is 1.00. The van der Waals surface area contributed by atoms with Gasteiger partial charge in [-0.05, 0) is 58.9 Å². The third-order valence-electron chi connectivity index (χ3n) is 2.63. The van der Waals surface area contributed by atoms with Gasteiger partial charge >= 0.3 is 0 Å². The lowest BCUT2D eigenvalue weighted by Gasteiger charge is -2.16. The summed E-state index contributed by atoms with van der Waals surface area (Å²) in [6.45, 7) is 3.72. The average molecular weight is 170 g/mol. The van der Waals surface area contributed by atoms with Gasteiger partial charge in [0.05, 0.1) is 0 Å². The first-order valence-corrected chi connectivity index (χ1v) is 5.14. The van der Waals surface area contributed by atoms with Gasteiger partial charge in [-0.2, -0.15) is 0 Å². The van der Waals surface area contributed by atoms with Gasteiger partial charge < -0.3 is 10.2 Å². The van der Waals surface area contributed by atoms with Crippen LogP contribution in [0.1, 0.15) is 25.7 Å². The molecule has 1 aliphatic heterocycles. The highest BCUT2D eigenvalue weighted by Crippen LogP contribution is 2.14. The molecule has 1 atom stereocenters. The Hall–Kier alpha value is -0.0800. The Balaban J connectivity index is 2.12. The fourth-order valence-electron chi connectivity index (χ4n) is 1.78. The van der Waals surface area contributed by atoms with Gasteiger partial charge in [-0.3, -0.25) is 0 Å². The number of nitrogens with one attached hydrogen (secondary N) is 1. The second-order valence-corrected chi connectivity index (χ2v) is 4.16. The summed E-state index contributed by atoms with van der Waals surface area (Å²) in [4.78, 5) is 2.28. The van der Waals surface area contributed by atoms with Crippen molar-refractivity contribution in [1.82, 2.24) is 10.2 Å². The molecule has 0 aromatic rings. The SMILES string of the molecule is CN(C)CCC1CCCCNC1. The minimum atomic E-state index is 0.926. The first-order chi connectivity index (χ1) is 5.79. The van der Waals surface area contributed by atoms with Gasteiger partial charge in [-0.15, -0.1) is 0 Å². The van der Waals surface area contributed by atoms with Crippen LogP contribution < -0.4 is 5.32 Å². The molecule has 1 unspecified atom stereocenters. The fourth-order valence-corrected chi connectivity index (χ4v) is 1.78. The van der Waals surface area contributed by atoms with Crippen LogP contribution in [0.2, 0.25) is 0 Å². The van der Waals surface area contributed by atoms with E-state index < -0.39 is 0 Å². The molecular formula is C10H22N2. The largest absolute Gasteiger partial charge is 0.316 e. The summed E-state index contributed by atoms with van der Waals surface area (Å²) in [5, 5.41) is 3.50. The predicted octanol–water partition coefficient (Wildman–Crippen LogP) is 1.33. The molecule has 1 rings (SSSR count). The van der Waals surface area contributed by atoms with Crippen molar-refractivity contribution in [3.05, 3.63) is 0 Å². The average Bonchev–Trinajstić information content (AvgIpc) is 2.28. The highest BCUT2D eigenvalue weighted by atomic mass is 15.0. The van der Waals surface area contributed by atoms with Crippen molar-refractivity contribution < 1.29 is 0 Å². The van der Waals surface area contributed by atoms with Crippen molar-refractivity contribution in [1.29, 1.82) is 0 Å². The summed E-state index contributed by atoms with van der Waals surface area (Å²) >= 11 is 0. The van der Waals surface area contributed by atoms with Crippen LogP contribution >= 0.6 is 0 Å². The monoisotopic (exact) mass is 170 g/mol. The van der Waals surface area contributed by atoms with E-state index in [9.17, 15) is 0 Å². The molecule has 72 valence electrons. The van der Waals surface area contributed by atoms with Gasteiger partial charge in [0.2, 0.25) is 0 Å². The normalized spacial score (nSPS) is 25.8. The minimum Gasteiger partial charge on any atom is -0.316 e. The van der Waals surface area contributed by atoms with E-state index in [-0.39, 0.29) is 0 Å². The standard InChI is InChI=1S/C10H22N2/c1-12(2)8-6-10-5-3-4-7-11-9-10/h10-11H,3-9H2,1-2H3. The first-order valence-electron chi connectivity index (χ1n) is 5.14. The summed E-state index contributed by atoms with van der Waals surface area (Å²) in [7, 11) is 4.31. The zero-order chi connectivity index (χ0) is 8.81. The highest BCUT2D eigenvalue weighted by molar-refractivity contribution is 4.68. The van der Waals surface area contributed by atoms with E-state index in [1.807, 2.05) is 0 Å². The molecule has 0 bridgehead atoms. The van der Waals surface area contributed by atoms with Crippen LogP contribution in [0, 0.1) is 5.92 Å². The number of rotatable bonds is 3. The van der Waals surface area contributed by atoms with Crippen LogP contribution in [0.15, 0.2) is 0 Å². The van der Waals surface area contributed by atoms with E-state index in [0.29, 0.717) is 0 Å². The van der Waals surface area contributed by atoms with Crippen molar-refractivity contribution in [3.8, 4) is 0 Å². The smallest absolute Gasteiger partial charge is 0.00200 e. The van der Waals surface area contributed by atoms with Crippen LogP contribution in [0.3, 0.4) is 0 Å². The van der Waals surface area contributed by atoms with Gasteiger partial charge in [0.15, 0.2) is 0 Å². The van der Waals surface area contributed by atoms with Crippen molar-refractivity contribution in [2.75, 3.05) is 33.7 Å². The van der Waals surface area contributed by atoms with Gasteiger partial charge in [-0.25, -0.2) is 0 Å². The molecule has 0 saturated carbocycles. The lowest BCUT2D eigenvalue weighted by atomic mass is 10.00. The molecule has 2 nitrogen and oxygen atoms in total. The Morgan fingerprint density at radius 1 is 1.33 bits per heavy atom. The molecule has 1 aliphatic rings. The van der Waals surface area contributed by atoms with Crippen LogP contribution in [0.5, 0.6) is 0 Å². The molecule has 0 radical (unpaired) electrons. The minimum absolute atomic E-state index is 0.926. The maximum absolute atomic E-state index is 3.50. The molecule has 0 aromatic heterocycles. The molecule has 0 amide bonds. The number of hydrogen-bond donors (Lipinski definition) is 1. The van der Waals surface area contributed by atoms with Crippen molar-refractivity contribution >= 4 is 0 Å². The molecule has 1 heterocycles. The zero-order valence-electron chi connectivity index (χ0n) is 8.47. The predicted molar refractivity (Wildman–Crippen MR) is 53.4 cm³/mol. The Kier molecular flexibility index (Phi) is 4.62. The van der Waals surface area contributed by atoms with Crippen LogP contribution in [0.25, 0.3) is 0 Å². The third kappa shape index (κ3) is 4.07. The molecule has 0 spiro atoms. The molecule has 1 saturated heterocycles. The second kappa shape index (κ2) is 5.55. The summed E-state index contributed by atoms with van der Waals surface area (Å²) in [5.41, 5.74) is 0. The highest BCUT2D eigenvalue weighted by Gasteiger charge is 2.11.